The molecule has 7 heteroatoms. The van der Waals surface area contributed by atoms with Gasteiger partial charge < -0.3 is 5.32 Å². The summed E-state index contributed by atoms with van der Waals surface area (Å²) < 4.78 is 14.8. The van der Waals surface area contributed by atoms with Gasteiger partial charge in [0.25, 0.3) is 0 Å². The molecule has 0 amide bonds. The summed E-state index contributed by atoms with van der Waals surface area (Å²) in [6, 6.07) is 0. The van der Waals surface area contributed by atoms with Gasteiger partial charge in [0, 0.05) is 28.7 Å². The Labute approximate surface area is 118 Å². The van der Waals surface area contributed by atoms with Crippen LogP contribution in [0.5, 0.6) is 0 Å². The number of aromatic nitrogens is 4. The van der Waals surface area contributed by atoms with Crippen LogP contribution in [0, 0.1) is 10.5 Å². The van der Waals surface area contributed by atoms with Crippen molar-refractivity contribution in [2.45, 2.75) is 19.9 Å². The Kier molecular flexibility index (Phi) is 4.45. The maximum Gasteiger partial charge on any atom is 0.227 e. The molecule has 2 aromatic rings. The van der Waals surface area contributed by atoms with Gasteiger partial charge in [-0.1, -0.05) is 0 Å². The van der Waals surface area contributed by atoms with Crippen LogP contribution in [-0.4, -0.2) is 26.4 Å². The van der Waals surface area contributed by atoms with Gasteiger partial charge in [-0.25, -0.2) is 9.97 Å². The van der Waals surface area contributed by atoms with Gasteiger partial charge in [0.1, 0.15) is 0 Å². The molecule has 0 aliphatic rings. The van der Waals surface area contributed by atoms with Crippen molar-refractivity contribution >= 4 is 34.2 Å². The second kappa shape index (κ2) is 6.07. The van der Waals surface area contributed by atoms with Gasteiger partial charge in [0.15, 0.2) is 0 Å². The van der Waals surface area contributed by atoms with Crippen molar-refractivity contribution in [1.29, 1.82) is 0 Å². The molecule has 0 aromatic carbocycles. The Morgan fingerprint density at radius 1 is 1.39 bits per heavy atom. The van der Waals surface area contributed by atoms with E-state index in [-0.39, 0.29) is 6.67 Å². The predicted octanol–water partition coefficient (Wildman–Crippen LogP) is 2.69. The second-order valence-corrected chi connectivity index (χ2v) is 5.03. The molecule has 0 aliphatic carbocycles. The molecule has 5 nitrogen and oxygen atoms in total. The Bertz CT molecular complexity index is 511. The van der Waals surface area contributed by atoms with Crippen molar-refractivity contribution in [2.24, 2.45) is 0 Å². The molecule has 2 heterocycles. The summed E-state index contributed by atoms with van der Waals surface area (Å²) in [7, 11) is 0. The molecule has 0 aliphatic heterocycles. The van der Waals surface area contributed by atoms with Gasteiger partial charge in [-0.2, -0.15) is 5.10 Å². The molecule has 0 spiro atoms. The number of anilines is 2. The van der Waals surface area contributed by atoms with E-state index in [4.69, 9.17) is 0 Å². The average molecular weight is 361 g/mol. The summed E-state index contributed by atoms with van der Waals surface area (Å²) in [5, 5.41) is 7.39. The van der Waals surface area contributed by atoms with Crippen LogP contribution in [0.2, 0.25) is 0 Å². The monoisotopic (exact) mass is 361 g/mol. The van der Waals surface area contributed by atoms with Crippen LogP contribution in [-0.2, 0) is 6.54 Å². The first-order valence-electron chi connectivity index (χ1n) is 5.53. The third-order valence-electron chi connectivity index (χ3n) is 2.33. The highest BCUT2D eigenvalue weighted by atomic mass is 127. The van der Waals surface area contributed by atoms with E-state index in [0.29, 0.717) is 18.9 Å². The highest BCUT2D eigenvalue weighted by molar-refractivity contribution is 14.1. The topological polar surface area (TPSA) is 55.6 Å². The Hall–Kier alpha value is -1.25. The number of hydrogen-bond donors (Lipinski definition) is 1. The molecule has 0 saturated carbocycles. The highest BCUT2D eigenvalue weighted by Crippen LogP contribution is 2.17. The van der Waals surface area contributed by atoms with Gasteiger partial charge in [-0.05, 0) is 35.9 Å². The lowest BCUT2D eigenvalue weighted by molar-refractivity contribution is 0.434. The van der Waals surface area contributed by atoms with Crippen LogP contribution in [0.3, 0.4) is 0 Å². The molecule has 0 saturated heterocycles. The van der Waals surface area contributed by atoms with Crippen LogP contribution < -0.4 is 5.32 Å². The van der Waals surface area contributed by atoms with E-state index in [2.05, 4.69) is 43.0 Å². The van der Waals surface area contributed by atoms with Crippen molar-refractivity contribution in [3.8, 4) is 0 Å². The minimum absolute atomic E-state index is 0.331. The number of hydrogen-bond acceptors (Lipinski definition) is 4. The van der Waals surface area contributed by atoms with E-state index < -0.39 is 0 Å². The van der Waals surface area contributed by atoms with E-state index >= 15 is 0 Å². The number of nitrogens with one attached hydrogen (secondary N) is 1. The first kappa shape index (κ1) is 13.2. The molecule has 0 atom stereocenters. The third kappa shape index (κ3) is 3.37. The van der Waals surface area contributed by atoms with Gasteiger partial charge in [-0.3, -0.25) is 9.07 Å². The fraction of sp³-hybridized carbons (Fsp3) is 0.364. The van der Waals surface area contributed by atoms with E-state index in [9.17, 15) is 4.39 Å². The third-order valence-corrected chi connectivity index (χ3v) is 2.89. The Morgan fingerprint density at radius 2 is 2.11 bits per heavy atom. The zero-order valence-corrected chi connectivity index (χ0v) is 12.1. The number of halogens is 2. The second-order valence-electron chi connectivity index (χ2n) is 3.78. The predicted molar refractivity (Wildman–Crippen MR) is 75.6 cm³/mol. The zero-order chi connectivity index (χ0) is 13.0. The summed E-state index contributed by atoms with van der Waals surface area (Å²) in [5.41, 5.74) is 1.69. The molecule has 18 heavy (non-hydrogen) atoms. The van der Waals surface area contributed by atoms with Crippen molar-refractivity contribution in [2.75, 3.05) is 12.0 Å². The molecule has 0 bridgehead atoms. The molecule has 1 N–H and O–H groups in total. The number of aryl methyl sites for hydroxylation is 2. The molecule has 0 unspecified atom stereocenters. The normalized spacial score (nSPS) is 10.6. The van der Waals surface area contributed by atoms with E-state index in [1.807, 2.05) is 13.1 Å². The molecular formula is C11H13FIN5. The number of nitrogens with zero attached hydrogens (tertiary/aromatic N) is 4. The first-order valence-corrected chi connectivity index (χ1v) is 6.61. The zero-order valence-electron chi connectivity index (χ0n) is 9.90. The van der Waals surface area contributed by atoms with Gasteiger partial charge in [0.2, 0.25) is 5.95 Å². The smallest absolute Gasteiger partial charge is 0.227 e. The van der Waals surface area contributed by atoms with Crippen LogP contribution in [0.25, 0.3) is 0 Å². The number of alkyl halides is 1. The first-order chi connectivity index (χ1) is 8.69. The summed E-state index contributed by atoms with van der Waals surface area (Å²) >= 11 is 2.15. The maximum atomic E-state index is 12.1. The fourth-order valence-corrected chi connectivity index (χ4v) is 1.75. The molecule has 2 aromatic heterocycles. The van der Waals surface area contributed by atoms with Crippen molar-refractivity contribution in [1.82, 2.24) is 19.7 Å². The molecule has 0 radical (unpaired) electrons. The maximum absolute atomic E-state index is 12.1. The Balaban J connectivity index is 2.08. The molecule has 96 valence electrons. The summed E-state index contributed by atoms with van der Waals surface area (Å²) in [4.78, 5) is 8.32. The van der Waals surface area contributed by atoms with Crippen molar-refractivity contribution < 1.29 is 4.39 Å². The van der Waals surface area contributed by atoms with Crippen LogP contribution >= 0.6 is 22.6 Å². The average Bonchev–Trinajstić information content (AvgIpc) is 2.70. The van der Waals surface area contributed by atoms with E-state index in [0.717, 1.165) is 15.0 Å². The van der Waals surface area contributed by atoms with Gasteiger partial charge in [-0.15, -0.1) is 0 Å². The minimum Gasteiger partial charge on any atom is -0.321 e. The van der Waals surface area contributed by atoms with Crippen molar-refractivity contribution in [3.05, 3.63) is 27.9 Å². The minimum atomic E-state index is -0.331. The van der Waals surface area contributed by atoms with Crippen LogP contribution in [0.15, 0.2) is 18.6 Å². The van der Waals surface area contributed by atoms with Crippen molar-refractivity contribution in [3.63, 3.8) is 0 Å². The summed E-state index contributed by atoms with van der Waals surface area (Å²) in [6.07, 6.45) is 5.78. The lowest BCUT2D eigenvalue weighted by atomic mass is 10.4. The van der Waals surface area contributed by atoms with Crippen LogP contribution in [0.1, 0.15) is 12.1 Å². The van der Waals surface area contributed by atoms with Gasteiger partial charge >= 0.3 is 0 Å². The lowest BCUT2D eigenvalue weighted by Gasteiger charge is -2.01. The molecule has 2 rings (SSSR count). The summed E-state index contributed by atoms with van der Waals surface area (Å²) in [5.74, 6) is 0.531. The van der Waals surface area contributed by atoms with Gasteiger partial charge in [0.05, 0.1) is 18.1 Å². The lowest BCUT2D eigenvalue weighted by Crippen LogP contribution is -1.99. The number of rotatable bonds is 5. The van der Waals surface area contributed by atoms with E-state index in [1.54, 1.807) is 17.1 Å². The van der Waals surface area contributed by atoms with Crippen LogP contribution in [0.4, 0.5) is 16.0 Å². The highest BCUT2D eigenvalue weighted by Gasteiger charge is 2.06. The quantitative estimate of drug-likeness (QED) is 0.833. The largest absolute Gasteiger partial charge is 0.321 e. The summed E-state index contributed by atoms with van der Waals surface area (Å²) in [6.45, 7) is 2.13. The van der Waals surface area contributed by atoms with E-state index in [1.165, 1.54) is 0 Å². The molecule has 0 fully saturated rings. The standard InChI is InChI=1S/C11H13FIN5/c1-8-10(7-18(17-8)4-2-3-12)16-11-14-5-9(13)6-15-11/h5-7H,2-4H2,1H3,(H,14,15,16). The SMILES string of the molecule is Cc1nn(CCCF)cc1Nc1ncc(I)cn1. The molecular weight excluding hydrogens is 348 g/mol. The Morgan fingerprint density at radius 3 is 2.78 bits per heavy atom. The fourth-order valence-electron chi connectivity index (χ4n) is 1.47.